The third-order valence-corrected chi connectivity index (χ3v) is 3.50. The largest absolute Gasteiger partial charge is 0.383 e. The Morgan fingerprint density at radius 1 is 1.29 bits per heavy atom. The molecular weight excluding hydrogens is 379 g/mol. The first-order valence-electron chi connectivity index (χ1n) is 8.02. The normalized spacial score (nSPS) is 17.4. The van der Waals surface area contributed by atoms with Gasteiger partial charge in [0.15, 0.2) is 5.96 Å². The number of unbranched alkanes of at least 4 members (excludes halogenated alkanes) is 1. The van der Waals surface area contributed by atoms with Gasteiger partial charge in [0.1, 0.15) is 0 Å². The van der Waals surface area contributed by atoms with Crippen molar-refractivity contribution in [3.63, 3.8) is 0 Å². The lowest BCUT2D eigenvalue weighted by molar-refractivity contribution is 0.179. The third-order valence-electron chi connectivity index (χ3n) is 3.50. The molecule has 126 valence electrons. The molecule has 1 saturated heterocycles. The Bertz CT molecular complexity index is 270. The zero-order valence-electron chi connectivity index (χ0n) is 13.9. The molecule has 0 aromatic carbocycles. The van der Waals surface area contributed by atoms with Crippen LogP contribution < -0.4 is 10.6 Å². The molecule has 0 saturated carbocycles. The summed E-state index contributed by atoms with van der Waals surface area (Å²) >= 11 is 0. The van der Waals surface area contributed by atoms with Gasteiger partial charge in [0, 0.05) is 26.2 Å². The molecule has 21 heavy (non-hydrogen) atoms. The first-order chi connectivity index (χ1) is 9.76. The number of hydrogen-bond acceptors (Lipinski definition) is 3. The zero-order chi connectivity index (χ0) is 14.6. The van der Waals surface area contributed by atoms with E-state index in [4.69, 9.17) is 4.74 Å². The molecule has 0 spiro atoms. The van der Waals surface area contributed by atoms with Crippen molar-refractivity contribution in [3.8, 4) is 0 Å². The summed E-state index contributed by atoms with van der Waals surface area (Å²) in [7, 11) is 1.72. The van der Waals surface area contributed by atoms with E-state index in [2.05, 4.69) is 34.4 Å². The minimum Gasteiger partial charge on any atom is -0.383 e. The minimum absolute atomic E-state index is 0. The molecule has 0 bridgehead atoms. The van der Waals surface area contributed by atoms with Gasteiger partial charge in [-0.15, -0.1) is 24.0 Å². The third kappa shape index (κ3) is 10.3. The van der Waals surface area contributed by atoms with Crippen LogP contribution >= 0.6 is 24.0 Å². The van der Waals surface area contributed by atoms with E-state index in [1.807, 2.05) is 0 Å². The highest BCUT2D eigenvalue weighted by Gasteiger charge is 2.10. The maximum Gasteiger partial charge on any atom is 0.191 e. The van der Waals surface area contributed by atoms with Gasteiger partial charge in [-0.1, -0.05) is 0 Å². The van der Waals surface area contributed by atoms with E-state index in [0.29, 0.717) is 6.61 Å². The van der Waals surface area contributed by atoms with E-state index >= 15 is 0 Å². The lowest BCUT2D eigenvalue weighted by atomic mass is 10.3. The lowest BCUT2D eigenvalue weighted by Crippen LogP contribution is -2.44. The van der Waals surface area contributed by atoms with Gasteiger partial charge in [-0.05, 0) is 59.2 Å². The van der Waals surface area contributed by atoms with E-state index in [1.54, 1.807) is 7.11 Å². The molecule has 5 nitrogen and oxygen atoms in total. The predicted octanol–water partition coefficient (Wildman–Crippen LogP) is 2.07. The molecule has 1 fully saturated rings. The van der Waals surface area contributed by atoms with E-state index in [-0.39, 0.29) is 30.0 Å². The summed E-state index contributed by atoms with van der Waals surface area (Å²) in [6.45, 7) is 10.5. The summed E-state index contributed by atoms with van der Waals surface area (Å²) in [4.78, 5) is 7.18. The fourth-order valence-corrected chi connectivity index (χ4v) is 2.49. The van der Waals surface area contributed by atoms with E-state index in [0.717, 1.165) is 25.5 Å². The van der Waals surface area contributed by atoms with Crippen molar-refractivity contribution >= 4 is 29.9 Å². The highest BCUT2D eigenvalue weighted by molar-refractivity contribution is 14.0. The number of aliphatic imine (C=N–C) groups is 1. The van der Waals surface area contributed by atoms with Crippen LogP contribution in [0.3, 0.4) is 0 Å². The van der Waals surface area contributed by atoms with Crippen LogP contribution in [0.15, 0.2) is 4.99 Å². The van der Waals surface area contributed by atoms with Crippen LogP contribution in [0, 0.1) is 0 Å². The monoisotopic (exact) mass is 412 g/mol. The van der Waals surface area contributed by atoms with Crippen LogP contribution in [0.1, 0.15) is 39.5 Å². The van der Waals surface area contributed by atoms with Crippen molar-refractivity contribution in [2.45, 2.75) is 45.6 Å². The number of likely N-dealkylation sites (tertiary alicyclic amines) is 1. The van der Waals surface area contributed by atoms with Crippen molar-refractivity contribution in [2.24, 2.45) is 4.99 Å². The number of halogens is 1. The van der Waals surface area contributed by atoms with Crippen LogP contribution in [0.4, 0.5) is 0 Å². The smallest absolute Gasteiger partial charge is 0.191 e. The topological polar surface area (TPSA) is 48.9 Å². The molecule has 1 heterocycles. The molecule has 6 heteroatoms. The summed E-state index contributed by atoms with van der Waals surface area (Å²) in [5, 5.41) is 6.63. The highest BCUT2D eigenvalue weighted by Crippen LogP contribution is 2.08. The van der Waals surface area contributed by atoms with Crippen molar-refractivity contribution in [1.29, 1.82) is 0 Å². The Balaban J connectivity index is 0.00000400. The SMILES string of the molecule is CCNC(=NCCCCN1CCCC1)NC(C)COC.I. The van der Waals surface area contributed by atoms with Crippen LogP contribution in [-0.4, -0.2) is 63.3 Å². The van der Waals surface area contributed by atoms with Gasteiger partial charge in [-0.3, -0.25) is 4.99 Å². The summed E-state index contributed by atoms with van der Waals surface area (Å²) in [6.07, 6.45) is 5.16. The maximum atomic E-state index is 5.13. The Morgan fingerprint density at radius 3 is 2.62 bits per heavy atom. The van der Waals surface area contributed by atoms with Crippen LogP contribution in [0.5, 0.6) is 0 Å². The minimum atomic E-state index is 0. The molecule has 0 amide bonds. The Kier molecular flexibility index (Phi) is 13.5. The number of hydrogen-bond donors (Lipinski definition) is 2. The number of nitrogens with zero attached hydrogens (tertiary/aromatic N) is 2. The fourth-order valence-electron chi connectivity index (χ4n) is 2.49. The second-order valence-corrected chi connectivity index (χ2v) is 5.52. The molecule has 0 aromatic heterocycles. The van der Waals surface area contributed by atoms with E-state index in [9.17, 15) is 0 Å². The average Bonchev–Trinajstić information content (AvgIpc) is 2.92. The zero-order valence-corrected chi connectivity index (χ0v) is 16.2. The molecule has 1 aliphatic heterocycles. The van der Waals surface area contributed by atoms with Crippen molar-refractivity contribution in [1.82, 2.24) is 15.5 Å². The molecule has 1 rings (SSSR count). The highest BCUT2D eigenvalue weighted by atomic mass is 127. The van der Waals surface area contributed by atoms with Gasteiger partial charge in [0.05, 0.1) is 6.61 Å². The summed E-state index contributed by atoms with van der Waals surface area (Å²) < 4.78 is 5.13. The number of guanidine groups is 1. The molecule has 0 aromatic rings. The predicted molar refractivity (Wildman–Crippen MR) is 101 cm³/mol. The average molecular weight is 412 g/mol. The van der Waals surface area contributed by atoms with Gasteiger partial charge in [0.2, 0.25) is 0 Å². The van der Waals surface area contributed by atoms with Gasteiger partial charge >= 0.3 is 0 Å². The second kappa shape index (κ2) is 13.6. The Labute approximate surface area is 147 Å². The molecular formula is C15H33IN4O. The molecule has 1 unspecified atom stereocenters. The molecule has 1 atom stereocenters. The van der Waals surface area contributed by atoms with Crippen LogP contribution in [-0.2, 0) is 4.74 Å². The van der Waals surface area contributed by atoms with Gasteiger partial charge < -0.3 is 20.3 Å². The first-order valence-corrected chi connectivity index (χ1v) is 8.02. The summed E-state index contributed by atoms with van der Waals surface area (Å²) in [5.41, 5.74) is 0. The number of ether oxygens (including phenoxy) is 1. The maximum absolute atomic E-state index is 5.13. The van der Waals surface area contributed by atoms with Crippen molar-refractivity contribution in [2.75, 3.05) is 46.4 Å². The standard InChI is InChI=1S/C15H32N4O.HI/c1-4-16-15(18-14(2)13-20-3)17-9-5-6-10-19-11-7-8-12-19;/h14H,4-13H2,1-3H3,(H2,16,17,18);1H. The molecule has 0 radical (unpaired) electrons. The number of methoxy groups -OCH3 is 1. The van der Waals surface area contributed by atoms with Crippen molar-refractivity contribution < 1.29 is 4.74 Å². The van der Waals surface area contributed by atoms with Gasteiger partial charge in [-0.25, -0.2) is 0 Å². The summed E-state index contributed by atoms with van der Waals surface area (Å²) in [5.74, 6) is 0.901. The molecule has 0 aliphatic carbocycles. The van der Waals surface area contributed by atoms with E-state index < -0.39 is 0 Å². The summed E-state index contributed by atoms with van der Waals surface area (Å²) in [6, 6.07) is 0.280. The van der Waals surface area contributed by atoms with Gasteiger partial charge in [-0.2, -0.15) is 0 Å². The fraction of sp³-hybridized carbons (Fsp3) is 0.933. The Morgan fingerprint density at radius 2 is 2.00 bits per heavy atom. The van der Waals surface area contributed by atoms with Crippen LogP contribution in [0.2, 0.25) is 0 Å². The first kappa shape index (κ1) is 20.9. The second-order valence-electron chi connectivity index (χ2n) is 5.52. The molecule has 1 aliphatic rings. The van der Waals surface area contributed by atoms with Crippen molar-refractivity contribution in [3.05, 3.63) is 0 Å². The lowest BCUT2D eigenvalue weighted by Gasteiger charge is -2.17. The number of rotatable bonds is 9. The quantitative estimate of drug-likeness (QED) is 0.264. The van der Waals surface area contributed by atoms with Gasteiger partial charge in [0.25, 0.3) is 0 Å². The van der Waals surface area contributed by atoms with Crippen LogP contribution in [0.25, 0.3) is 0 Å². The Hall–Kier alpha value is -0.0800. The van der Waals surface area contributed by atoms with E-state index in [1.165, 1.54) is 38.9 Å². The molecule has 2 N–H and O–H groups in total. The number of nitrogens with one attached hydrogen (secondary N) is 2.